The Morgan fingerprint density at radius 3 is 2.47 bits per heavy atom. The highest BCUT2D eigenvalue weighted by molar-refractivity contribution is 5.99. The molecule has 19 heavy (non-hydrogen) atoms. The maximum Gasteiger partial charge on any atom is 0.308 e. The van der Waals surface area contributed by atoms with Crippen molar-refractivity contribution in [2.24, 2.45) is 5.92 Å². The third-order valence-corrected chi connectivity index (χ3v) is 3.22. The van der Waals surface area contributed by atoms with Gasteiger partial charge in [0, 0.05) is 25.2 Å². The van der Waals surface area contributed by atoms with Gasteiger partial charge in [-0.15, -0.1) is 0 Å². The first kappa shape index (κ1) is 13.5. The Morgan fingerprint density at radius 2 is 2.00 bits per heavy atom. The summed E-state index contributed by atoms with van der Waals surface area (Å²) in [6, 6.07) is 7.69. The van der Waals surface area contributed by atoms with Crippen LogP contribution in [-0.4, -0.2) is 42.5 Å². The van der Waals surface area contributed by atoms with E-state index in [0.29, 0.717) is 0 Å². The van der Waals surface area contributed by atoms with Gasteiger partial charge in [0.25, 0.3) is 0 Å². The number of hydrogen-bond donors (Lipinski definition) is 1. The molecule has 1 unspecified atom stereocenters. The van der Waals surface area contributed by atoms with Crippen molar-refractivity contribution in [3.05, 3.63) is 29.8 Å². The van der Waals surface area contributed by atoms with Crippen LogP contribution < -0.4 is 4.90 Å². The summed E-state index contributed by atoms with van der Waals surface area (Å²) < 4.78 is 0. The lowest BCUT2D eigenvalue weighted by atomic mass is 10.1. The zero-order valence-corrected chi connectivity index (χ0v) is 11.2. The molecular weight excluding hydrogens is 244 g/mol. The zero-order chi connectivity index (χ0) is 14.0. The lowest BCUT2D eigenvalue weighted by Gasteiger charge is -2.17. The van der Waals surface area contributed by atoms with Crippen molar-refractivity contribution in [3.63, 3.8) is 0 Å². The Bertz CT molecular complexity index is 482. The molecule has 0 saturated carbocycles. The van der Waals surface area contributed by atoms with Crippen molar-refractivity contribution in [3.8, 4) is 0 Å². The molecule has 0 aliphatic carbocycles. The van der Waals surface area contributed by atoms with Crippen LogP contribution in [0.2, 0.25) is 0 Å². The maximum absolute atomic E-state index is 11.8. The average molecular weight is 262 g/mol. The molecule has 0 aromatic heterocycles. The second kappa shape index (κ2) is 5.40. The zero-order valence-electron chi connectivity index (χ0n) is 11.2. The third-order valence-electron chi connectivity index (χ3n) is 3.22. The summed E-state index contributed by atoms with van der Waals surface area (Å²) in [7, 11) is 3.99. The van der Waals surface area contributed by atoms with Crippen molar-refractivity contribution in [2.45, 2.75) is 13.0 Å². The first-order chi connectivity index (χ1) is 8.97. The number of anilines is 1. The van der Waals surface area contributed by atoms with Crippen LogP contribution in [0.15, 0.2) is 24.3 Å². The molecule has 5 nitrogen and oxygen atoms in total. The smallest absolute Gasteiger partial charge is 0.308 e. The summed E-state index contributed by atoms with van der Waals surface area (Å²) in [6.07, 6.45) is 0.0920. The molecule has 1 saturated heterocycles. The van der Waals surface area contributed by atoms with Gasteiger partial charge in [-0.1, -0.05) is 12.1 Å². The van der Waals surface area contributed by atoms with Crippen molar-refractivity contribution in [2.75, 3.05) is 25.5 Å². The van der Waals surface area contributed by atoms with Gasteiger partial charge in [-0.25, -0.2) is 0 Å². The van der Waals surface area contributed by atoms with E-state index in [0.717, 1.165) is 17.8 Å². The van der Waals surface area contributed by atoms with E-state index in [2.05, 4.69) is 4.90 Å². The summed E-state index contributed by atoms with van der Waals surface area (Å²) in [5.41, 5.74) is 1.94. The minimum absolute atomic E-state index is 0.0920. The molecule has 5 heteroatoms. The molecule has 0 radical (unpaired) electrons. The molecule has 0 spiro atoms. The Labute approximate surface area is 112 Å². The summed E-state index contributed by atoms with van der Waals surface area (Å²) in [5, 5.41) is 8.95. The minimum atomic E-state index is -0.903. The highest BCUT2D eigenvalue weighted by Crippen LogP contribution is 2.25. The van der Waals surface area contributed by atoms with E-state index < -0.39 is 11.9 Å². The molecule has 102 valence electrons. The van der Waals surface area contributed by atoms with Crippen LogP contribution in [0.5, 0.6) is 0 Å². The van der Waals surface area contributed by atoms with Gasteiger partial charge in [-0.2, -0.15) is 0 Å². The van der Waals surface area contributed by atoms with E-state index in [1.807, 2.05) is 38.4 Å². The molecule has 1 aliphatic heterocycles. The quantitative estimate of drug-likeness (QED) is 0.885. The molecule has 1 aliphatic rings. The van der Waals surface area contributed by atoms with Gasteiger partial charge >= 0.3 is 5.97 Å². The summed E-state index contributed by atoms with van der Waals surface area (Å²) >= 11 is 0. The number of rotatable bonds is 4. The fourth-order valence-corrected chi connectivity index (χ4v) is 2.27. The van der Waals surface area contributed by atoms with Gasteiger partial charge in [0.05, 0.1) is 5.92 Å². The SMILES string of the molecule is CN(C)Cc1ccc(N2CC(C(=O)O)CC2=O)cc1. The van der Waals surface area contributed by atoms with E-state index in [-0.39, 0.29) is 18.9 Å². The molecule has 0 bridgehead atoms. The van der Waals surface area contributed by atoms with Gasteiger partial charge < -0.3 is 14.9 Å². The van der Waals surface area contributed by atoms with Gasteiger partial charge in [-0.3, -0.25) is 9.59 Å². The van der Waals surface area contributed by atoms with Crippen LogP contribution in [0.1, 0.15) is 12.0 Å². The molecule has 1 aromatic carbocycles. The fourth-order valence-electron chi connectivity index (χ4n) is 2.27. The van der Waals surface area contributed by atoms with Crippen molar-refractivity contribution in [1.82, 2.24) is 4.90 Å². The predicted molar refractivity (Wildman–Crippen MR) is 71.9 cm³/mol. The number of carbonyl (C=O) groups excluding carboxylic acids is 1. The Morgan fingerprint density at radius 1 is 1.37 bits per heavy atom. The van der Waals surface area contributed by atoms with Gasteiger partial charge in [0.2, 0.25) is 5.91 Å². The molecule has 1 amide bonds. The molecule has 1 heterocycles. The standard InChI is InChI=1S/C14H18N2O3/c1-15(2)8-10-3-5-12(6-4-10)16-9-11(14(18)19)7-13(16)17/h3-6,11H,7-9H2,1-2H3,(H,18,19). The first-order valence-corrected chi connectivity index (χ1v) is 6.24. The number of hydrogen-bond acceptors (Lipinski definition) is 3. The lowest BCUT2D eigenvalue weighted by Crippen LogP contribution is -2.25. The topological polar surface area (TPSA) is 60.9 Å². The van der Waals surface area contributed by atoms with Crippen molar-refractivity contribution in [1.29, 1.82) is 0 Å². The summed E-state index contributed by atoms with van der Waals surface area (Å²) in [6.45, 7) is 1.10. The predicted octanol–water partition coefficient (Wildman–Crippen LogP) is 1.19. The number of benzene rings is 1. The molecule has 2 rings (SSSR count). The molecule has 1 fully saturated rings. The van der Waals surface area contributed by atoms with Gasteiger partial charge in [-0.05, 0) is 31.8 Å². The molecular formula is C14H18N2O3. The van der Waals surface area contributed by atoms with Crippen molar-refractivity contribution < 1.29 is 14.7 Å². The van der Waals surface area contributed by atoms with E-state index in [9.17, 15) is 9.59 Å². The lowest BCUT2D eigenvalue weighted by molar-refractivity contribution is -0.141. The number of aliphatic carboxylic acids is 1. The second-order valence-corrected chi connectivity index (χ2v) is 5.15. The average Bonchev–Trinajstić information content (AvgIpc) is 2.72. The Kier molecular flexibility index (Phi) is 3.85. The normalized spacial score (nSPS) is 19.2. The van der Waals surface area contributed by atoms with E-state index >= 15 is 0 Å². The number of carboxylic acids is 1. The molecule has 1 aromatic rings. The summed E-state index contributed by atoms with van der Waals surface area (Å²) in [4.78, 5) is 26.3. The number of carbonyl (C=O) groups is 2. The number of nitrogens with zero attached hydrogens (tertiary/aromatic N) is 2. The number of carboxylic acid groups (broad SMARTS) is 1. The van der Waals surface area contributed by atoms with Crippen molar-refractivity contribution >= 4 is 17.6 Å². The Balaban J connectivity index is 2.10. The van der Waals surface area contributed by atoms with E-state index in [4.69, 9.17) is 5.11 Å². The summed E-state index contributed by atoms with van der Waals surface area (Å²) in [5.74, 6) is -1.61. The maximum atomic E-state index is 11.8. The van der Waals surface area contributed by atoms with Crippen LogP contribution in [0.4, 0.5) is 5.69 Å². The molecule has 1 N–H and O–H groups in total. The minimum Gasteiger partial charge on any atom is -0.481 e. The van der Waals surface area contributed by atoms with Crippen LogP contribution in [0.3, 0.4) is 0 Å². The highest BCUT2D eigenvalue weighted by Gasteiger charge is 2.34. The molecule has 1 atom stereocenters. The largest absolute Gasteiger partial charge is 0.481 e. The van der Waals surface area contributed by atoms with E-state index in [1.54, 1.807) is 4.90 Å². The van der Waals surface area contributed by atoms with Crippen LogP contribution in [0.25, 0.3) is 0 Å². The van der Waals surface area contributed by atoms with Gasteiger partial charge in [0.1, 0.15) is 0 Å². The highest BCUT2D eigenvalue weighted by atomic mass is 16.4. The monoisotopic (exact) mass is 262 g/mol. The van der Waals surface area contributed by atoms with E-state index in [1.165, 1.54) is 0 Å². The van der Waals surface area contributed by atoms with Crippen LogP contribution >= 0.6 is 0 Å². The van der Waals surface area contributed by atoms with Crippen LogP contribution in [0, 0.1) is 5.92 Å². The Hall–Kier alpha value is -1.88. The fraction of sp³-hybridized carbons (Fsp3) is 0.429. The van der Waals surface area contributed by atoms with Gasteiger partial charge in [0.15, 0.2) is 0 Å². The first-order valence-electron chi connectivity index (χ1n) is 6.24. The second-order valence-electron chi connectivity index (χ2n) is 5.15. The van der Waals surface area contributed by atoms with Crippen LogP contribution in [-0.2, 0) is 16.1 Å². The third kappa shape index (κ3) is 3.12. The number of amides is 1.